The molecule has 0 unspecified atom stereocenters. The lowest BCUT2D eigenvalue weighted by Crippen LogP contribution is -2.09. The molecule has 2 aromatic heterocycles. The Kier molecular flexibility index (Phi) is 6.78. The fourth-order valence-corrected chi connectivity index (χ4v) is 7.24. The van der Waals surface area contributed by atoms with Crippen LogP contribution in [0.5, 0.6) is 0 Å². The number of oxazole rings is 1. The van der Waals surface area contributed by atoms with Gasteiger partial charge in [0.15, 0.2) is 5.58 Å². The van der Waals surface area contributed by atoms with E-state index in [2.05, 4.69) is 132 Å². The van der Waals surface area contributed by atoms with Crippen molar-refractivity contribution in [3.63, 3.8) is 0 Å². The molecule has 0 radical (unpaired) electrons. The number of aromatic nitrogens is 1. The van der Waals surface area contributed by atoms with Crippen molar-refractivity contribution in [3.05, 3.63) is 182 Å². The minimum atomic E-state index is 0.619. The number of nitrogens with zero attached hydrogens (tertiary/aromatic N) is 2. The number of para-hydroxylation sites is 2. The molecule has 0 spiro atoms. The molecule has 0 N–H and O–H groups in total. The van der Waals surface area contributed by atoms with Crippen molar-refractivity contribution in [2.45, 2.75) is 0 Å². The normalized spacial score (nSPS) is 11.5. The zero-order valence-electron chi connectivity index (χ0n) is 27.5. The van der Waals surface area contributed by atoms with Crippen LogP contribution in [0.4, 0.5) is 17.1 Å². The molecule has 4 nitrogen and oxygen atoms in total. The quantitative estimate of drug-likeness (QED) is 0.179. The Morgan fingerprint density at radius 2 is 0.961 bits per heavy atom. The van der Waals surface area contributed by atoms with Gasteiger partial charge in [-0.3, -0.25) is 0 Å². The summed E-state index contributed by atoms with van der Waals surface area (Å²) in [5.41, 5.74) is 11.9. The van der Waals surface area contributed by atoms with Crippen LogP contribution < -0.4 is 4.90 Å². The molecule has 0 fully saturated rings. The summed E-state index contributed by atoms with van der Waals surface area (Å²) < 4.78 is 12.5. The number of hydrogen-bond acceptors (Lipinski definition) is 4. The lowest BCUT2D eigenvalue weighted by Gasteiger charge is -2.26. The van der Waals surface area contributed by atoms with Crippen molar-refractivity contribution in [3.8, 4) is 33.7 Å². The molecule has 10 rings (SSSR count). The largest absolute Gasteiger partial charge is 0.456 e. The van der Waals surface area contributed by atoms with E-state index in [1.165, 1.54) is 21.9 Å². The van der Waals surface area contributed by atoms with Gasteiger partial charge in [-0.1, -0.05) is 115 Å². The maximum Gasteiger partial charge on any atom is 0.227 e. The van der Waals surface area contributed by atoms with Crippen LogP contribution in [0.2, 0.25) is 0 Å². The minimum absolute atomic E-state index is 0.619. The molecular weight excluding hydrogens is 625 g/mol. The van der Waals surface area contributed by atoms with E-state index >= 15 is 0 Å². The summed E-state index contributed by atoms with van der Waals surface area (Å²) in [6, 6.07) is 63.4. The van der Waals surface area contributed by atoms with Crippen LogP contribution in [-0.2, 0) is 0 Å². The van der Waals surface area contributed by atoms with Gasteiger partial charge in [0.1, 0.15) is 16.7 Å². The number of fused-ring (bicyclic) bond motifs is 5. The highest BCUT2D eigenvalue weighted by molar-refractivity contribution is 6.06. The molecule has 0 bridgehead atoms. The van der Waals surface area contributed by atoms with E-state index < -0.39 is 0 Å². The van der Waals surface area contributed by atoms with Crippen LogP contribution in [0, 0.1) is 0 Å². The van der Waals surface area contributed by atoms with E-state index in [4.69, 9.17) is 13.8 Å². The highest BCUT2D eigenvalue weighted by Gasteiger charge is 2.18. The summed E-state index contributed by atoms with van der Waals surface area (Å²) in [5, 5.41) is 4.70. The van der Waals surface area contributed by atoms with E-state index in [0.717, 1.165) is 66.8 Å². The van der Waals surface area contributed by atoms with Gasteiger partial charge in [0.25, 0.3) is 0 Å². The third-order valence-electron chi connectivity index (χ3n) is 9.72. The average Bonchev–Trinajstić information content (AvgIpc) is 3.81. The molecule has 0 aliphatic carbocycles. The van der Waals surface area contributed by atoms with E-state index in [9.17, 15) is 0 Å². The second kappa shape index (κ2) is 11.9. The molecule has 0 saturated heterocycles. The number of furan rings is 1. The van der Waals surface area contributed by atoms with Gasteiger partial charge in [-0.25, -0.2) is 4.98 Å². The van der Waals surface area contributed by atoms with E-state index in [-0.39, 0.29) is 0 Å². The predicted molar refractivity (Wildman–Crippen MR) is 210 cm³/mol. The van der Waals surface area contributed by atoms with E-state index in [1.807, 2.05) is 54.6 Å². The SMILES string of the molecule is c1ccc(-c2nc3c(-c4ccc(N(c5ccc(-c6cccc7ccccc67)cc5)c5ccc6c(c5)oc5ccccc56)cc4)cccc3o2)cc1. The Morgan fingerprint density at radius 1 is 0.373 bits per heavy atom. The molecule has 51 heavy (non-hydrogen) atoms. The molecule has 0 saturated carbocycles. The summed E-state index contributed by atoms with van der Waals surface area (Å²) >= 11 is 0. The Morgan fingerprint density at radius 3 is 1.76 bits per heavy atom. The summed E-state index contributed by atoms with van der Waals surface area (Å²) in [6.07, 6.45) is 0. The highest BCUT2D eigenvalue weighted by atomic mass is 16.3. The molecule has 2 heterocycles. The molecular formula is C47H30N2O2. The van der Waals surface area contributed by atoms with Gasteiger partial charge < -0.3 is 13.7 Å². The lowest BCUT2D eigenvalue weighted by molar-refractivity contribution is 0.620. The topological polar surface area (TPSA) is 42.4 Å². The number of benzene rings is 8. The molecule has 10 aromatic rings. The second-order valence-corrected chi connectivity index (χ2v) is 12.8. The van der Waals surface area contributed by atoms with Crippen LogP contribution >= 0.6 is 0 Å². The van der Waals surface area contributed by atoms with E-state index in [0.29, 0.717) is 5.89 Å². The first-order valence-corrected chi connectivity index (χ1v) is 17.1. The smallest absolute Gasteiger partial charge is 0.227 e. The monoisotopic (exact) mass is 654 g/mol. The molecule has 4 heteroatoms. The standard InChI is InChI=1S/C47H30N2O2/c1-2-11-34(12-3-1)47-48-46-40(17-9-19-44(46)51-47)33-22-26-36(27-23-33)49(37-28-29-42-41-15-6-7-18-43(41)50-45(42)30-37)35-24-20-32(21-25-35)39-16-8-13-31-10-4-5-14-38(31)39/h1-30H. The average molecular weight is 655 g/mol. The third-order valence-corrected chi connectivity index (χ3v) is 9.72. The van der Waals surface area contributed by atoms with Crippen LogP contribution in [-0.4, -0.2) is 4.98 Å². The van der Waals surface area contributed by atoms with Crippen molar-refractivity contribution in [2.24, 2.45) is 0 Å². The Labute approximate surface area is 294 Å². The predicted octanol–water partition coefficient (Wildman–Crippen LogP) is 13.4. The highest BCUT2D eigenvalue weighted by Crippen LogP contribution is 2.41. The van der Waals surface area contributed by atoms with Crippen LogP contribution in [0.25, 0.3) is 77.5 Å². The molecule has 8 aromatic carbocycles. The molecule has 0 atom stereocenters. The fraction of sp³-hybridized carbons (Fsp3) is 0. The minimum Gasteiger partial charge on any atom is -0.456 e. The van der Waals surface area contributed by atoms with Crippen LogP contribution in [0.15, 0.2) is 191 Å². The van der Waals surface area contributed by atoms with Crippen molar-refractivity contribution in [1.82, 2.24) is 4.98 Å². The van der Waals surface area contributed by atoms with Crippen LogP contribution in [0.1, 0.15) is 0 Å². The van der Waals surface area contributed by atoms with Crippen molar-refractivity contribution in [2.75, 3.05) is 4.90 Å². The number of hydrogen-bond donors (Lipinski definition) is 0. The zero-order chi connectivity index (χ0) is 33.7. The van der Waals surface area contributed by atoms with Gasteiger partial charge in [-0.2, -0.15) is 0 Å². The zero-order valence-corrected chi connectivity index (χ0v) is 27.5. The van der Waals surface area contributed by atoms with Gasteiger partial charge in [0.2, 0.25) is 5.89 Å². The van der Waals surface area contributed by atoms with Gasteiger partial charge in [0, 0.05) is 45.0 Å². The number of anilines is 3. The molecule has 240 valence electrons. The molecule has 0 aliphatic rings. The lowest BCUT2D eigenvalue weighted by atomic mass is 9.98. The third kappa shape index (κ3) is 5.04. The maximum absolute atomic E-state index is 6.34. The fourth-order valence-electron chi connectivity index (χ4n) is 7.24. The molecule has 0 aliphatic heterocycles. The first kappa shape index (κ1) is 29.0. The summed E-state index contributed by atoms with van der Waals surface area (Å²) in [5.74, 6) is 0.619. The molecule has 0 amide bonds. The van der Waals surface area contributed by atoms with Crippen molar-refractivity contribution >= 4 is 60.9 Å². The summed E-state index contributed by atoms with van der Waals surface area (Å²) in [4.78, 5) is 7.21. The van der Waals surface area contributed by atoms with Gasteiger partial charge in [-0.05, 0) is 88.1 Å². The summed E-state index contributed by atoms with van der Waals surface area (Å²) in [7, 11) is 0. The maximum atomic E-state index is 6.34. The second-order valence-electron chi connectivity index (χ2n) is 12.8. The van der Waals surface area contributed by atoms with Gasteiger partial charge in [0.05, 0.1) is 0 Å². The van der Waals surface area contributed by atoms with Gasteiger partial charge in [-0.15, -0.1) is 0 Å². The Balaban J connectivity index is 1.07. The van der Waals surface area contributed by atoms with Crippen molar-refractivity contribution in [1.29, 1.82) is 0 Å². The first-order valence-electron chi connectivity index (χ1n) is 17.1. The Bertz CT molecular complexity index is 2840. The summed E-state index contributed by atoms with van der Waals surface area (Å²) in [6.45, 7) is 0. The first-order chi connectivity index (χ1) is 25.3. The van der Waals surface area contributed by atoms with Crippen LogP contribution in [0.3, 0.4) is 0 Å². The van der Waals surface area contributed by atoms with E-state index in [1.54, 1.807) is 0 Å². The number of rotatable bonds is 6. The Hall–Kier alpha value is -6.91. The van der Waals surface area contributed by atoms with Crippen molar-refractivity contribution < 1.29 is 8.83 Å². The van der Waals surface area contributed by atoms with Gasteiger partial charge >= 0.3 is 0 Å².